The van der Waals surface area contributed by atoms with E-state index < -0.39 is 0 Å². The molecule has 0 unspecified atom stereocenters. The Morgan fingerprint density at radius 2 is 1.34 bits per heavy atom. The SMILES string of the molecule is O=c1c2c3c(sc2n(Cc2ccccc2)c(=O)n1Cc1ccccc1)CCCC3. The molecule has 2 aromatic carbocycles. The average Bonchev–Trinajstić information content (AvgIpc) is 3.15. The lowest BCUT2D eigenvalue weighted by atomic mass is 9.97. The van der Waals surface area contributed by atoms with Crippen LogP contribution in [0.25, 0.3) is 10.2 Å². The fourth-order valence-electron chi connectivity index (χ4n) is 4.23. The molecule has 1 aliphatic carbocycles. The van der Waals surface area contributed by atoms with E-state index in [1.165, 1.54) is 15.0 Å². The maximum absolute atomic E-state index is 13.5. The molecule has 5 heteroatoms. The average molecular weight is 403 g/mol. The molecule has 0 aliphatic heterocycles. The van der Waals surface area contributed by atoms with Crippen LogP contribution in [-0.4, -0.2) is 9.13 Å². The van der Waals surface area contributed by atoms with Crippen molar-refractivity contribution in [3.63, 3.8) is 0 Å². The molecular formula is C24H22N2O2S. The largest absolute Gasteiger partial charge is 0.332 e. The highest BCUT2D eigenvalue weighted by molar-refractivity contribution is 7.18. The third kappa shape index (κ3) is 3.25. The lowest BCUT2D eigenvalue weighted by Gasteiger charge is -2.13. The summed E-state index contributed by atoms with van der Waals surface area (Å²) in [7, 11) is 0. The van der Waals surface area contributed by atoms with Crippen molar-refractivity contribution < 1.29 is 0 Å². The van der Waals surface area contributed by atoms with Gasteiger partial charge in [-0.2, -0.15) is 0 Å². The number of rotatable bonds is 4. The third-order valence-corrected chi connectivity index (χ3v) is 7.00. The molecule has 1 aliphatic rings. The standard InChI is InChI=1S/C24H22N2O2S/c27-22-21-19-13-7-8-14-20(19)29-23(21)26(16-18-11-5-2-6-12-18)24(28)25(22)15-17-9-3-1-4-10-17/h1-6,9-12H,7-8,13-16H2. The van der Waals surface area contributed by atoms with E-state index in [1.807, 2.05) is 60.7 Å². The zero-order valence-electron chi connectivity index (χ0n) is 16.1. The first kappa shape index (κ1) is 18.1. The fourth-order valence-corrected chi connectivity index (χ4v) is 5.60. The molecule has 2 aromatic heterocycles. The zero-order chi connectivity index (χ0) is 19.8. The molecule has 0 atom stereocenters. The number of benzene rings is 2. The van der Waals surface area contributed by atoms with Crippen molar-refractivity contribution in [2.24, 2.45) is 0 Å². The van der Waals surface area contributed by atoms with E-state index in [-0.39, 0.29) is 11.2 Å². The molecular weight excluding hydrogens is 380 g/mol. The molecule has 0 spiro atoms. The summed E-state index contributed by atoms with van der Waals surface area (Å²) < 4.78 is 3.22. The molecule has 5 rings (SSSR count). The number of aryl methyl sites for hydroxylation is 2. The van der Waals surface area contributed by atoms with Gasteiger partial charge in [-0.1, -0.05) is 60.7 Å². The fraction of sp³-hybridized carbons (Fsp3) is 0.250. The van der Waals surface area contributed by atoms with Gasteiger partial charge in [0.05, 0.1) is 18.5 Å². The van der Waals surface area contributed by atoms with Crippen LogP contribution in [0.4, 0.5) is 0 Å². The van der Waals surface area contributed by atoms with Gasteiger partial charge in [0.25, 0.3) is 5.56 Å². The van der Waals surface area contributed by atoms with Crippen LogP contribution in [0.3, 0.4) is 0 Å². The van der Waals surface area contributed by atoms with Gasteiger partial charge < -0.3 is 0 Å². The van der Waals surface area contributed by atoms with Gasteiger partial charge in [-0.05, 0) is 42.4 Å². The second-order valence-corrected chi connectivity index (χ2v) is 8.71. The highest BCUT2D eigenvalue weighted by Crippen LogP contribution is 2.34. The summed E-state index contributed by atoms with van der Waals surface area (Å²) in [4.78, 5) is 29.0. The van der Waals surface area contributed by atoms with Gasteiger partial charge in [0.15, 0.2) is 0 Å². The van der Waals surface area contributed by atoms with Crippen LogP contribution >= 0.6 is 11.3 Å². The minimum Gasteiger partial charge on any atom is -0.280 e. The maximum atomic E-state index is 13.5. The van der Waals surface area contributed by atoms with Crippen molar-refractivity contribution in [3.05, 3.63) is 103 Å². The van der Waals surface area contributed by atoms with E-state index in [2.05, 4.69) is 0 Å². The van der Waals surface area contributed by atoms with Crippen LogP contribution in [0.5, 0.6) is 0 Å². The summed E-state index contributed by atoms with van der Waals surface area (Å²) in [6.45, 7) is 0.776. The molecule has 0 fully saturated rings. The smallest absolute Gasteiger partial charge is 0.280 e. The number of nitrogens with zero attached hydrogens (tertiary/aromatic N) is 2. The Hall–Kier alpha value is -2.92. The Morgan fingerprint density at radius 3 is 2.00 bits per heavy atom. The summed E-state index contributed by atoms with van der Waals surface area (Å²) in [5.74, 6) is 0. The van der Waals surface area contributed by atoms with Crippen LogP contribution in [0.1, 0.15) is 34.4 Å². The Balaban J connectivity index is 1.76. The van der Waals surface area contributed by atoms with Gasteiger partial charge in [-0.25, -0.2) is 4.79 Å². The Kier molecular flexibility index (Phi) is 4.68. The van der Waals surface area contributed by atoms with Gasteiger partial charge in [-0.3, -0.25) is 13.9 Å². The van der Waals surface area contributed by atoms with Crippen molar-refractivity contribution in [2.75, 3.05) is 0 Å². The van der Waals surface area contributed by atoms with E-state index in [9.17, 15) is 9.59 Å². The summed E-state index contributed by atoms with van der Waals surface area (Å²) in [6, 6.07) is 19.7. The van der Waals surface area contributed by atoms with E-state index >= 15 is 0 Å². The molecule has 0 bridgehead atoms. The van der Waals surface area contributed by atoms with E-state index in [1.54, 1.807) is 15.9 Å². The van der Waals surface area contributed by atoms with Crippen molar-refractivity contribution in [1.29, 1.82) is 0 Å². The molecule has 0 amide bonds. The molecule has 0 N–H and O–H groups in total. The Bertz CT molecular complexity index is 1280. The summed E-state index contributed by atoms with van der Waals surface area (Å²) in [6.07, 6.45) is 4.20. The second kappa shape index (κ2) is 7.48. The van der Waals surface area contributed by atoms with Crippen LogP contribution in [0.2, 0.25) is 0 Å². The highest BCUT2D eigenvalue weighted by Gasteiger charge is 2.23. The number of hydrogen-bond donors (Lipinski definition) is 0. The minimum absolute atomic E-state index is 0.141. The first-order valence-corrected chi connectivity index (χ1v) is 10.9. The third-order valence-electron chi connectivity index (χ3n) is 5.69. The van der Waals surface area contributed by atoms with E-state index in [0.29, 0.717) is 13.1 Å². The van der Waals surface area contributed by atoms with Gasteiger partial charge in [-0.15, -0.1) is 11.3 Å². The number of aromatic nitrogens is 2. The lowest BCUT2D eigenvalue weighted by Crippen LogP contribution is -2.40. The van der Waals surface area contributed by atoms with Crippen LogP contribution < -0.4 is 11.2 Å². The predicted molar refractivity (Wildman–Crippen MR) is 118 cm³/mol. The van der Waals surface area contributed by atoms with Crippen molar-refractivity contribution in [2.45, 2.75) is 38.8 Å². The van der Waals surface area contributed by atoms with Gasteiger partial charge in [0, 0.05) is 4.88 Å². The molecule has 29 heavy (non-hydrogen) atoms. The minimum atomic E-state index is -0.228. The highest BCUT2D eigenvalue weighted by atomic mass is 32.1. The van der Waals surface area contributed by atoms with Gasteiger partial charge in [0.2, 0.25) is 0 Å². The Labute approximate surface area is 172 Å². The summed E-state index contributed by atoms with van der Waals surface area (Å²) in [5.41, 5.74) is 2.82. The molecule has 146 valence electrons. The van der Waals surface area contributed by atoms with E-state index in [0.717, 1.165) is 47.0 Å². The van der Waals surface area contributed by atoms with Crippen LogP contribution in [0, 0.1) is 0 Å². The van der Waals surface area contributed by atoms with Gasteiger partial charge >= 0.3 is 5.69 Å². The number of hydrogen-bond acceptors (Lipinski definition) is 3. The summed E-state index contributed by atoms with van der Waals surface area (Å²) in [5, 5.41) is 0.760. The van der Waals surface area contributed by atoms with Crippen LogP contribution in [0.15, 0.2) is 70.3 Å². The molecule has 4 aromatic rings. The number of fused-ring (bicyclic) bond motifs is 3. The first-order chi connectivity index (χ1) is 14.2. The van der Waals surface area contributed by atoms with Crippen LogP contribution in [-0.2, 0) is 25.9 Å². The molecule has 4 nitrogen and oxygen atoms in total. The maximum Gasteiger partial charge on any atom is 0.332 e. The Morgan fingerprint density at radius 1 is 0.759 bits per heavy atom. The molecule has 0 saturated carbocycles. The second-order valence-electron chi connectivity index (χ2n) is 7.62. The lowest BCUT2D eigenvalue weighted by molar-refractivity contribution is 0.636. The summed E-state index contributed by atoms with van der Waals surface area (Å²) >= 11 is 1.64. The van der Waals surface area contributed by atoms with Crippen molar-refractivity contribution in [1.82, 2.24) is 9.13 Å². The monoisotopic (exact) mass is 402 g/mol. The van der Waals surface area contributed by atoms with Gasteiger partial charge in [0.1, 0.15) is 4.83 Å². The van der Waals surface area contributed by atoms with E-state index in [4.69, 9.17) is 0 Å². The van der Waals surface area contributed by atoms with Crippen molar-refractivity contribution in [3.8, 4) is 0 Å². The predicted octanol–water partition coefficient (Wildman–Crippen LogP) is 4.20. The number of thiophene rings is 1. The molecule has 0 radical (unpaired) electrons. The zero-order valence-corrected chi connectivity index (χ0v) is 17.0. The molecule has 0 saturated heterocycles. The topological polar surface area (TPSA) is 44.0 Å². The molecule has 2 heterocycles. The normalized spacial score (nSPS) is 13.5. The first-order valence-electron chi connectivity index (χ1n) is 10.1. The van der Waals surface area contributed by atoms with Crippen molar-refractivity contribution >= 4 is 21.6 Å². The quantitative estimate of drug-likeness (QED) is 0.513.